The van der Waals surface area contributed by atoms with Gasteiger partial charge in [-0.3, -0.25) is 0 Å². The van der Waals surface area contributed by atoms with Crippen LogP contribution in [0.5, 0.6) is 0 Å². The zero-order valence-corrected chi connectivity index (χ0v) is 12.2. The van der Waals surface area contributed by atoms with E-state index in [2.05, 4.69) is 30.8 Å². The van der Waals surface area contributed by atoms with Gasteiger partial charge >= 0.3 is 0 Å². The normalized spacial score (nSPS) is 28.0. The van der Waals surface area contributed by atoms with Crippen molar-refractivity contribution in [1.82, 2.24) is 9.97 Å². The summed E-state index contributed by atoms with van der Waals surface area (Å²) in [5.41, 5.74) is 0. The van der Waals surface area contributed by atoms with Crippen LogP contribution in [0.15, 0.2) is 10.7 Å². The minimum atomic E-state index is 0.390. The Hall–Kier alpha value is -0.680. The number of ether oxygens (including phenoxy) is 1. The minimum Gasteiger partial charge on any atom is -0.374 e. The predicted octanol–water partition coefficient (Wildman–Crippen LogP) is 2.70. The highest BCUT2D eigenvalue weighted by molar-refractivity contribution is 9.10. The Kier molecular flexibility index (Phi) is 3.52. The summed E-state index contributed by atoms with van der Waals surface area (Å²) in [4.78, 5) is 11.3. The van der Waals surface area contributed by atoms with E-state index < -0.39 is 0 Å². The molecule has 4 nitrogen and oxygen atoms in total. The second kappa shape index (κ2) is 5.13. The van der Waals surface area contributed by atoms with Gasteiger partial charge in [0.25, 0.3) is 0 Å². The van der Waals surface area contributed by atoms with Gasteiger partial charge in [-0.1, -0.05) is 12.8 Å². The maximum Gasteiger partial charge on any atom is 0.133 e. The molecule has 0 amide bonds. The molecule has 5 heteroatoms. The molecular weight excluding hydrogens is 294 g/mol. The smallest absolute Gasteiger partial charge is 0.133 e. The van der Waals surface area contributed by atoms with E-state index in [-0.39, 0.29) is 0 Å². The van der Waals surface area contributed by atoms with Gasteiger partial charge in [0.05, 0.1) is 18.8 Å². The summed E-state index contributed by atoms with van der Waals surface area (Å²) >= 11 is 3.46. The van der Waals surface area contributed by atoms with E-state index >= 15 is 0 Å². The van der Waals surface area contributed by atoms with Crippen molar-refractivity contribution < 1.29 is 4.74 Å². The van der Waals surface area contributed by atoms with E-state index in [0.717, 1.165) is 29.4 Å². The Labute approximate surface area is 116 Å². The van der Waals surface area contributed by atoms with E-state index in [1.165, 1.54) is 25.7 Å². The van der Waals surface area contributed by atoms with E-state index in [1.54, 1.807) is 0 Å². The average Bonchev–Trinajstić information content (AvgIpc) is 2.37. The van der Waals surface area contributed by atoms with Gasteiger partial charge in [0.1, 0.15) is 16.2 Å². The lowest BCUT2D eigenvalue weighted by Gasteiger charge is -2.44. The number of fused-ring (bicyclic) bond motifs is 1. The van der Waals surface area contributed by atoms with Crippen LogP contribution in [0.2, 0.25) is 0 Å². The topological polar surface area (TPSA) is 38.2 Å². The molecule has 0 aromatic carbocycles. The Morgan fingerprint density at radius 2 is 2.17 bits per heavy atom. The van der Waals surface area contributed by atoms with Crippen LogP contribution in [0.4, 0.5) is 5.82 Å². The van der Waals surface area contributed by atoms with Gasteiger partial charge in [0.2, 0.25) is 0 Å². The molecule has 1 saturated heterocycles. The van der Waals surface area contributed by atoms with Crippen LogP contribution in [0.3, 0.4) is 0 Å². The summed E-state index contributed by atoms with van der Waals surface area (Å²) in [5, 5.41) is 0. The first-order valence-electron chi connectivity index (χ1n) is 6.63. The maximum atomic E-state index is 5.90. The fourth-order valence-corrected chi connectivity index (χ4v) is 3.51. The van der Waals surface area contributed by atoms with Crippen LogP contribution in [0, 0.1) is 6.92 Å². The first-order chi connectivity index (χ1) is 8.74. The molecule has 2 aliphatic rings. The van der Waals surface area contributed by atoms with Crippen molar-refractivity contribution in [3.63, 3.8) is 0 Å². The largest absolute Gasteiger partial charge is 0.374 e. The number of halogens is 1. The second-order valence-corrected chi connectivity index (χ2v) is 5.86. The quantitative estimate of drug-likeness (QED) is 0.747. The molecule has 98 valence electrons. The Morgan fingerprint density at radius 1 is 1.33 bits per heavy atom. The second-order valence-electron chi connectivity index (χ2n) is 5.05. The fourth-order valence-electron chi connectivity index (χ4n) is 3.04. The Morgan fingerprint density at radius 3 is 3.00 bits per heavy atom. The van der Waals surface area contributed by atoms with Gasteiger partial charge < -0.3 is 9.64 Å². The molecule has 2 atom stereocenters. The molecule has 2 fully saturated rings. The summed E-state index contributed by atoms with van der Waals surface area (Å²) in [6.07, 6.45) is 5.38. The number of hydrogen-bond acceptors (Lipinski definition) is 4. The molecule has 3 rings (SSSR count). The number of aryl methyl sites for hydroxylation is 1. The lowest BCUT2D eigenvalue weighted by molar-refractivity contribution is -0.00901. The lowest BCUT2D eigenvalue weighted by Crippen LogP contribution is -2.53. The molecule has 2 heterocycles. The number of hydrogen-bond donors (Lipinski definition) is 0. The lowest BCUT2D eigenvalue weighted by atomic mass is 9.90. The summed E-state index contributed by atoms with van der Waals surface area (Å²) in [5.74, 6) is 1.85. The highest BCUT2D eigenvalue weighted by Crippen LogP contribution is 2.31. The Bertz CT molecular complexity index is 418. The third-order valence-corrected chi connectivity index (χ3v) is 4.23. The van der Waals surface area contributed by atoms with Crippen molar-refractivity contribution in [1.29, 1.82) is 0 Å². The highest BCUT2D eigenvalue weighted by Gasteiger charge is 2.34. The van der Waals surface area contributed by atoms with E-state index in [9.17, 15) is 0 Å². The third kappa shape index (κ3) is 2.38. The molecule has 1 saturated carbocycles. The molecule has 1 aliphatic heterocycles. The van der Waals surface area contributed by atoms with E-state index in [4.69, 9.17) is 4.74 Å². The van der Waals surface area contributed by atoms with Crippen molar-refractivity contribution in [2.24, 2.45) is 0 Å². The van der Waals surface area contributed by atoms with Crippen LogP contribution in [-0.4, -0.2) is 35.3 Å². The van der Waals surface area contributed by atoms with Gasteiger partial charge in [-0.05, 0) is 35.7 Å². The van der Waals surface area contributed by atoms with Crippen LogP contribution in [0.25, 0.3) is 0 Å². The molecule has 0 N–H and O–H groups in total. The number of aromatic nitrogens is 2. The van der Waals surface area contributed by atoms with E-state index in [1.807, 2.05) is 13.0 Å². The summed E-state index contributed by atoms with van der Waals surface area (Å²) in [6.45, 7) is 3.68. The zero-order valence-electron chi connectivity index (χ0n) is 10.6. The molecule has 1 aromatic heterocycles. The van der Waals surface area contributed by atoms with Crippen LogP contribution < -0.4 is 4.90 Å². The molecule has 18 heavy (non-hydrogen) atoms. The molecule has 0 spiro atoms. The Balaban J connectivity index is 1.89. The number of anilines is 1. The van der Waals surface area contributed by atoms with Gasteiger partial charge in [-0.25, -0.2) is 9.97 Å². The third-order valence-electron chi connectivity index (χ3n) is 3.82. The van der Waals surface area contributed by atoms with Crippen molar-refractivity contribution >= 4 is 21.7 Å². The first-order valence-corrected chi connectivity index (χ1v) is 7.43. The highest BCUT2D eigenvalue weighted by atomic mass is 79.9. The van der Waals surface area contributed by atoms with Crippen molar-refractivity contribution in [2.45, 2.75) is 44.8 Å². The zero-order chi connectivity index (χ0) is 12.5. The monoisotopic (exact) mass is 311 g/mol. The van der Waals surface area contributed by atoms with Crippen LogP contribution in [0.1, 0.15) is 31.5 Å². The van der Waals surface area contributed by atoms with Crippen LogP contribution in [-0.2, 0) is 4.74 Å². The van der Waals surface area contributed by atoms with Crippen molar-refractivity contribution in [3.05, 3.63) is 16.5 Å². The number of morpholine rings is 1. The average molecular weight is 312 g/mol. The molecule has 1 aromatic rings. The molecule has 2 unspecified atom stereocenters. The van der Waals surface area contributed by atoms with E-state index in [0.29, 0.717) is 12.1 Å². The van der Waals surface area contributed by atoms with Gasteiger partial charge in [-0.2, -0.15) is 0 Å². The standard InChI is InChI=1S/C13H18BrN3O/c1-9-15-12(14)8-13(16-9)17-6-7-18-11-5-3-2-4-10(11)17/h8,10-11H,2-7H2,1H3. The predicted molar refractivity (Wildman–Crippen MR) is 73.8 cm³/mol. The molecule has 0 bridgehead atoms. The van der Waals surface area contributed by atoms with Crippen molar-refractivity contribution in [2.75, 3.05) is 18.1 Å². The number of rotatable bonds is 1. The van der Waals surface area contributed by atoms with Gasteiger partial charge in [0, 0.05) is 12.6 Å². The molecule has 1 aliphatic carbocycles. The molecular formula is C13H18BrN3O. The summed E-state index contributed by atoms with van der Waals surface area (Å²) < 4.78 is 6.76. The van der Waals surface area contributed by atoms with Gasteiger partial charge in [-0.15, -0.1) is 0 Å². The first kappa shape index (κ1) is 12.4. The molecule has 0 radical (unpaired) electrons. The fraction of sp³-hybridized carbons (Fsp3) is 0.692. The van der Waals surface area contributed by atoms with Gasteiger partial charge in [0.15, 0.2) is 0 Å². The SMILES string of the molecule is Cc1nc(Br)cc(N2CCOC3CCCCC32)n1. The summed E-state index contributed by atoms with van der Waals surface area (Å²) in [7, 11) is 0. The summed E-state index contributed by atoms with van der Waals surface area (Å²) in [6, 6.07) is 2.51. The minimum absolute atomic E-state index is 0.390. The van der Waals surface area contributed by atoms with Crippen LogP contribution >= 0.6 is 15.9 Å². The van der Waals surface area contributed by atoms with Crippen molar-refractivity contribution in [3.8, 4) is 0 Å². The number of nitrogens with zero attached hydrogens (tertiary/aromatic N) is 3. The maximum absolute atomic E-state index is 5.90.